The van der Waals surface area contributed by atoms with Crippen molar-refractivity contribution in [2.75, 3.05) is 25.1 Å². The van der Waals surface area contributed by atoms with E-state index in [1.807, 2.05) is 12.1 Å². The average molecular weight is 293 g/mol. The second kappa shape index (κ2) is 6.27. The van der Waals surface area contributed by atoms with Crippen LogP contribution in [-0.2, 0) is 6.42 Å². The van der Waals surface area contributed by atoms with Gasteiger partial charge in [-0.05, 0) is 66.3 Å². The van der Waals surface area contributed by atoms with Crippen LogP contribution in [0.15, 0.2) is 49.0 Å². The summed E-state index contributed by atoms with van der Waals surface area (Å²) >= 11 is 0. The molecule has 22 heavy (non-hydrogen) atoms. The number of aryl methyl sites for hydroxylation is 1. The van der Waals surface area contributed by atoms with Crippen molar-refractivity contribution >= 4 is 11.3 Å². The Morgan fingerprint density at radius 1 is 1.14 bits per heavy atom. The van der Waals surface area contributed by atoms with E-state index in [1.165, 1.54) is 29.8 Å². The topological polar surface area (TPSA) is 12.5 Å². The Bertz CT molecular complexity index is 673. The number of methoxy groups -OCH3 is 1. The van der Waals surface area contributed by atoms with Crippen molar-refractivity contribution in [3.05, 3.63) is 65.7 Å². The molecule has 0 bridgehead atoms. The van der Waals surface area contributed by atoms with Gasteiger partial charge in [-0.25, -0.2) is 0 Å². The predicted octanol–water partition coefficient (Wildman–Crippen LogP) is 4.53. The lowest BCUT2D eigenvalue weighted by atomic mass is 9.94. The summed E-state index contributed by atoms with van der Waals surface area (Å²) < 4.78 is 5.22. The minimum Gasteiger partial charge on any atom is -0.497 e. The van der Waals surface area contributed by atoms with Crippen LogP contribution in [0.25, 0.3) is 5.57 Å². The number of rotatable bonds is 4. The summed E-state index contributed by atoms with van der Waals surface area (Å²) in [5.41, 5.74) is 6.25. The summed E-state index contributed by atoms with van der Waals surface area (Å²) in [4.78, 5) is 2.46. The van der Waals surface area contributed by atoms with Gasteiger partial charge in [0, 0.05) is 18.8 Å². The van der Waals surface area contributed by atoms with Gasteiger partial charge in [-0.15, -0.1) is 0 Å². The van der Waals surface area contributed by atoms with E-state index in [1.54, 1.807) is 7.11 Å². The van der Waals surface area contributed by atoms with Gasteiger partial charge in [0.25, 0.3) is 0 Å². The summed E-state index contributed by atoms with van der Waals surface area (Å²) in [7, 11) is 1.69. The van der Waals surface area contributed by atoms with Gasteiger partial charge in [0.1, 0.15) is 5.75 Å². The van der Waals surface area contributed by atoms with E-state index < -0.39 is 0 Å². The molecule has 0 amide bonds. The highest BCUT2D eigenvalue weighted by Crippen LogP contribution is 2.31. The van der Waals surface area contributed by atoms with Crippen LogP contribution in [0, 0.1) is 0 Å². The molecule has 2 nitrogen and oxygen atoms in total. The number of fused-ring (bicyclic) bond motifs is 1. The molecule has 2 aromatic carbocycles. The lowest BCUT2D eigenvalue weighted by molar-refractivity contribution is 0.415. The van der Waals surface area contributed by atoms with E-state index in [0.29, 0.717) is 0 Å². The Balaban J connectivity index is 1.89. The van der Waals surface area contributed by atoms with Crippen molar-refractivity contribution in [3.63, 3.8) is 0 Å². The Morgan fingerprint density at radius 2 is 1.86 bits per heavy atom. The van der Waals surface area contributed by atoms with E-state index in [2.05, 4.69) is 48.7 Å². The first-order valence-electron chi connectivity index (χ1n) is 7.94. The fourth-order valence-electron chi connectivity index (χ4n) is 3.15. The molecule has 2 heteroatoms. The molecule has 0 N–H and O–H groups in total. The zero-order valence-corrected chi connectivity index (χ0v) is 13.4. The maximum absolute atomic E-state index is 5.22. The van der Waals surface area contributed by atoms with E-state index in [0.717, 1.165) is 29.9 Å². The van der Waals surface area contributed by atoms with Crippen LogP contribution in [0.5, 0.6) is 5.75 Å². The summed E-state index contributed by atoms with van der Waals surface area (Å²) in [5.74, 6) is 0.876. The van der Waals surface area contributed by atoms with Crippen molar-refractivity contribution in [1.82, 2.24) is 0 Å². The second-order valence-corrected chi connectivity index (χ2v) is 5.73. The molecule has 3 rings (SSSR count). The Kier molecular flexibility index (Phi) is 4.19. The molecule has 0 aliphatic carbocycles. The second-order valence-electron chi connectivity index (χ2n) is 5.73. The smallest absolute Gasteiger partial charge is 0.118 e. The molecular weight excluding hydrogens is 270 g/mol. The maximum atomic E-state index is 5.22. The molecule has 0 fully saturated rings. The molecule has 1 aliphatic rings. The Hall–Kier alpha value is -2.22. The van der Waals surface area contributed by atoms with Crippen LogP contribution in [-0.4, -0.2) is 20.2 Å². The zero-order chi connectivity index (χ0) is 15.5. The fourth-order valence-corrected chi connectivity index (χ4v) is 3.15. The maximum Gasteiger partial charge on any atom is 0.118 e. The van der Waals surface area contributed by atoms with Gasteiger partial charge >= 0.3 is 0 Å². The normalized spacial score (nSPS) is 13.6. The van der Waals surface area contributed by atoms with Crippen molar-refractivity contribution in [2.24, 2.45) is 0 Å². The van der Waals surface area contributed by atoms with Crippen LogP contribution < -0.4 is 9.64 Å². The lowest BCUT2D eigenvalue weighted by Crippen LogP contribution is -2.28. The average Bonchev–Trinajstić information content (AvgIpc) is 2.60. The van der Waals surface area contributed by atoms with Gasteiger partial charge in [0.15, 0.2) is 0 Å². The molecule has 2 aromatic rings. The van der Waals surface area contributed by atoms with E-state index >= 15 is 0 Å². The SMILES string of the molecule is C=C(c1ccc(OC)cc1)c1ccc2c(c1)CCCN2CC. The van der Waals surface area contributed by atoms with Gasteiger partial charge in [-0.1, -0.05) is 24.8 Å². The summed E-state index contributed by atoms with van der Waals surface area (Å²) in [6, 6.07) is 14.9. The quantitative estimate of drug-likeness (QED) is 0.821. The first-order valence-corrected chi connectivity index (χ1v) is 7.94. The van der Waals surface area contributed by atoms with Crippen molar-refractivity contribution in [1.29, 1.82) is 0 Å². The zero-order valence-electron chi connectivity index (χ0n) is 13.4. The summed E-state index contributed by atoms with van der Waals surface area (Å²) in [6.45, 7) is 8.75. The minimum atomic E-state index is 0.876. The number of hydrogen-bond acceptors (Lipinski definition) is 2. The molecule has 0 aromatic heterocycles. The molecule has 0 spiro atoms. The van der Waals surface area contributed by atoms with Gasteiger partial charge in [0.05, 0.1) is 7.11 Å². The van der Waals surface area contributed by atoms with Crippen LogP contribution in [0.3, 0.4) is 0 Å². The highest BCUT2D eigenvalue weighted by atomic mass is 16.5. The van der Waals surface area contributed by atoms with Crippen molar-refractivity contribution in [3.8, 4) is 5.75 Å². The number of ether oxygens (including phenoxy) is 1. The standard InChI is InChI=1S/C20H23NO/c1-4-21-13-5-6-18-14-17(9-12-20(18)21)15(2)16-7-10-19(22-3)11-8-16/h7-12,14H,2,4-6,13H2,1,3H3. The van der Waals surface area contributed by atoms with Gasteiger partial charge in [-0.2, -0.15) is 0 Å². The number of hydrogen-bond donors (Lipinski definition) is 0. The first kappa shape index (κ1) is 14.7. The monoisotopic (exact) mass is 293 g/mol. The van der Waals surface area contributed by atoms with Crippen LogP contribution in [0.2, 0.25) is 0 Å². The number of anilines is 1. The van der Waals surface area contributed by atoms with Gasteiger partial charge in [-0.3, -0.25) is 0 Å². The molecular formula is C20H23NO. The number of nitrogens with zero attached hydrogens (tertiary/aromatic N) is 1. The van der Waals surface area contributed by atoms with Crippen LogP contribution in [0.1, 0.15) is 30.0 Å². The molecule has 0 saturated carbocycles. The third-order valence-electron chi connectivity index (χ3n) is 4.46. The number of benzene rings is 2. The summed E-state index contributed by atoms with van der Waals surface area (Å²) in [5, 5.41) is 0. The van der Waals surface area contributed by atoms with Crippen LogP contribution in [0.4, 0.5) is 5.69 Å². The molecule has 0 atom stereocenters. The Labute approximate surface area is 133 Å². The molecule has 0 radical (unpaired) electrons. The Morgan fingerprint density at radius 3 is 2.55 bits per heavy atom. The van der Waals surface area contributed by atoms with Crippen molar-refractivity contribution in [2.45, 2.75) is 19.8 Å². The van der Waals surface area contributed by atoms with Crippen molar-refractivity contribution < 1.29 is 4.74 Å². The molecule has 0 unspecified atom stereocenters. The highest BCUT2D eigenvalue weighted by molar-refractivity contribution is 5.80. The highest BCUT2D eigenvalue weighted by Gasteiger charge is 2.16. The van der Waals surface area contributed by atoms with Gasteiger partial charge in [0.2, 0.25) is 0 Å². The van der Waals surface area contributed by atoms with E-state index in [-0.39, 0.29) is 0 Å². The largest absolute Gasteiger partial charge is 0.497 e. The van der Waals surface area contributed by atoms with E-state index in [9.17, 15) is 0 Å². The third kappa shape index (κ3) is 2.74. The summed E-state index contributed by atoms with van der Waals surface area (Å²) in [6.07, 6.45) is 2.40. The van der Waals surface area contributed by atoms with Crippen LogP contribution >= 0.6 is 0 Å². The van der Waals surface area contributed by atoms with Gasteiger partial charge < -0.3 is 9.64 Å². The predicted molar refractivity (Wildman–Crippen MR) is 93.8 cm³/mol. The lowest BCUT2D eigenvalue weighted by Gasteiger charge is -2.30. The molecule has 1 aliphatic heterocycles. The first-order chi connectivity index (χ1) is 10.7. The molecule has 0 saturated heterocycles. The third-order valence-corrected chi connectivity index (χ3v) is 4.46. The molecule has 1 heterocycles. The van der Waals surface area contributed by atoms with E-state index in [4.69, 9.17) is 4.74 Å². The minimum absolute atomic E-state index is 0.876. The molecule has 114 valence electrons. The fraction of sp³-hybridized carbons (Fsp3) is 0.300.